The van der Waals surface area contributed by atoms with Crippen LogP contribution in [0.15, 0.2) is 23.0 Å². The fourth-order valence-corrected chi connectivity index (χ4v) is 1.98. The van der Waals surface area contributed by atoms with Crippen molar-refractivity contribution < 1.29 is 17.7 Å². The summed E-state index contributed by atoms with van der Waals surface area (Å²) in [6.07, 6.45) is 0.485. The highest BCUT2D eigenvalue weighted by atomic mass is 19.3. The van der Waals surface area contributed by atoms with Crippen LogP contribution in [0.4, 0.5) is 13.2 Å². The standard InChI is InChI=1S/C11H8F3N3O/c12-8-4-15-2-1-5(8)6-3-7(6)11-16-10(9(13)14)17-18-11/h1-2,4,6-7,9H,3H2/t6-,7+/m0/s1. The van der Waals surface area contributed by atoms with Gasteiger partial charge >= 0.3 is 6.43 Å². The van der Waals surface area contributed by atoms with Crippen molar-refractivity contribution in [3.8, 4) is 0 Å². The molecule has 0 spiro atoms. The van der Waals surface area contributed by atoms with E-state index >= 15 is 0 Å². The number of halogens is 3. The molecule has 2 aromatic rings. The Hall–Kier alpha value is -1.92. The Morgan fingerprint density at radius 1 is 1.33 bits per heavy atom. The lowest BCUT2D eigenvalue weighted by atomic mass is 10.1. The van der Waals surface area contributed by atoms with Crippen molar-refractivity contribution in [3.05, 3.63) is 41.6 Å². The Bertz CT molecular complexity index is 572. The molecule has 0 saturated heterocycles. The summed E-state index contributed by atoms with van der Waals surface area (Å²) >= 11 is 0. The van der Waals surface area contributed by atoms with Gasteiger partial charge in [0.1, 0.15) is 5.82 Å². The van der Waals surface area contributed by atoms with Crippen LogP contribution in [0.1, 0.15) is 42.0 Å². The molecule has 1 aliphatic carbocycles. The van der Waals surface area contributed by atoms with Crippen molar-refractivity contribution >= 4 is 0 Å². The van der Waals surface area contributed by atoms with Crippen LogP contribution in [0.2, 0.25) is 0 Å². The summed E-state index contributed by atoms with van der Waals surface area (Å²) < 4.78 is 42.8. The van der Waals surface area contributed by atoms with Gasteiger partial charge in [0.15, 0.2) is 0 Å². The number of hydrogen-bond acceptors (Lipinski definition) is 4. The van der Waals surface area contributed by atoms with Crippen molar-refractivity contribution in [3.63, 3.8) is 0 Å². The lowest BCUT2D eigenvalue weighted by Gasteiger charge is -1.98. The third kappa shape index (κ3) is 1.85. The van der Waals surface area contributed by atoms with Crippen LogP contribution < -0.4 is 0 Å². The van der Waals surface area contributed by atoms with Crippen LogP contribution in [0.3, 0.4) is 0 Å². The van der Waals surface area contributed by atoms with Crippen molar-refractivity contribution in [2.45, 2.75) is 24.7 Å². The van der Waals surface area contributed by atoms with Gasteiger partial charge in [0.2, 0.25) is 11.7 Å². The van der Waals surface area contributed by atoms with Gasteiger partial charge in [0.25, 0.3) is 0 Å². The van der Waals surface area contributed by atoms with Gasteiger partial charge in [-0.3, -0.25) is 4.98 Å². The Morgan fingerprint density at radius 3 is 2.83 bits per heavy atom. The second-order valence-corrected chi connectivity index (χ2v) is 4.14. The second-order valence-electron chi connectivity index (χ2n) is 4.14. The summed E-state index contributed by atoms with van der Waals surface area (Å²) in [6.45, 7) is 0. The minimum absolute atomic E-state index is 0.0982. The molecule has 1 fully saturated rings. The quantitative estimate of drug-likeness (QED) is 0.846. The first-order valence-electron chi connectivity index (χ1n) is 5.38. The molecule has 0 radical (unpaired) electrons. The van der Waals surface area contributed by atoms with Crippen molar-refractivity contribution in [1.82, 2.24) is 15.1 Å². The minimum Gasteiger partial charge on any atom is -0.339 e. The molecule has 2 aromatic heterocycles. The molecular formula is C11H8F3N3O. The molecule has 0 N–H and O–H groups in total. The SMILES string of the molecule is Fc1cnccc1[C@@H]1C[C@H]1c1nc(C(F)F)no1. The van der Waals surface area contributed by atoms with Gasteiger partial charge in [0.05, 0.1) is 6.20 Å². The third-order valence-corrected chi connectivity index (χ3v) is 2.96. The molecule has 0 bridgehead atoms. The van der Waals surface area contributed by atoms with Crippen molar-refractivity contribution in [1.29, 1.82) is 0 Å². The molecule has 1 saturated carbocycles. The van der Waals surface area contributed by atoms with E-state index in [9.17, 15) is 13.2 Å². The second kappa shape index (κ2) is 4.08. The van der Waals surface area contributed by atoms with Crippen molar-refractivity contribution in [2.75, 3.05) is 0 Å². The molecule has 7 heteroatoms. The van der Waals surface area contributed by atoms with E-state index < -0.39 is 18.1 Å². The number of pyridine rings is 1. The van der Waals surface area contributed by atoms with E-state index in [2.05, 4.69) is 15.1 Å². The fourth-order valence-electron chi connectivity index (χ4n) is 1.98. The molecule has 18 heavy (non-hydrogen) atoms. The Balaban J connectivity index is 1.79. The average Bonchev–Trinajstić information content (AvgIpc) is 2.98. The summed E-state index contributed by atoms with van der Waals surface area (Å²) in [5, 5.41) is 3.19. The van der Waals surface area contributed by atoms with Gasteiger partial charge in [0, 0.05) is 12.1 Å². The topological polar surface area (TPSA) is 51.8 Å². The van der Waals surface area contributed by atoms with Crippen LogP contribution in [0, 0.1) is 5.82 Å². The highest BCUT2D eigenvalue weighted by Crippen LogP contribution is 2.54. The van der Waals surface area contributed by atoms with Gasteiger partial charge in [-0.15, -0.1) is 0 Å². The molecule has 94 valence electrons. The van der Waals surface area contributed by atoms with Crippen LogP contribution in [-0.2, 0) is 0 Å². The first-order valence-corrected chi connectivity index (χ1v) is 5.38. The van der Waals surface area contributed by atoms with Gasteiger partial charge in [-0.1, -0.05) is 5.16 Å². The third-order valence-electron chi connectivity index (χ3n) is 2.96. The number of rotatable bonds is 3. The van der Waals surface area contributed by atoms with E-state index in [0.29, 0.717) is 12.0 Å². The molecule has 2 heterocycles. The summed E-state index contributed by atoms with van der Waals surface area (Å²) in [6, 6.07) is 1.57. The number of nitrogens with zero attached hydrogens (tertiary/aromatic N) is 3. The molecule has 2 atom stereocenters. The number of aromatic nitrogens is 3. The lowest BCUT2D eigenvalue weighted by molar-refractivity contribution is 0.136. The zero-order chi connectivity index (χ0) is 12.7. The molecule has 4 nitrogen and oxygen atoms in total. The fraction of sp³-hybridized carbons (Fsp3) is 0.364. The van der Waals surface area contributed by atoms with Gasteiger partial charge in [-0.05, 0) is 24.0 Å². The predicted molar refractivity (Wildman–Crippen MR) is 53.5 cm³/mol. The Labute approximate surface area is 99.8 Å². The zero-order valence-electron chi connectivity index (χ0n) is 9.05. The van der Waals surface area contributed by atoms with E-state index in [1.165, 1.54) is 6.20 Å². The number of alkyl halides is 2. The molecule has 0 unspecified atom stereocenters. The molecule has 0 amide bonds. The molecule has 3 rings (SSSR count). The highest BCUT2D eigenvalue weighted by molar-refractivity contribution is 5.30. The van der Waals surface area contributed by atoms with E-state index in [1.807, 2.05) is 0 Å². The summed E-state index contributed by atoms with van der Waals surface area (Å²) in [7, 11) is 0. The largest absolute Gasteiger partial charge is 0.339 e. The summed E-state index contributed by atoms with van der Waals surface area (Å²) in [5.74, 6) is -1.16. The van der Waals surface area contributed by atoms with Gasteiger partial charge in [-0.25, -0.2) is 13.2 Å². The molecule has 1 aliphatic rings. The first kappa shape index (κ1) is 11.2. The highest BCUT2D eigenvalue weighted by Gasteiger charge is 2.45. The van der Waals surface area contributed by atoms with E-state index in [0.717, 1.165) is 6.20 Å². The zero-order valence-corrected chi connectivity index (χ0v) is 9.05. The smallest absolute Gasteiger partial charge is 0.300 e. The molecular weight excluding hydrogens is 247 g/mol. The lowest BCUT2D eigenvalue weighted by Crippen LogP contribution is -1.91. The van der Waals surface area contributed by atoms with Gasteiger partial charge < -0.3 is 4.52 Å². The number of hydrogen-bond donors (Lipinski definition) is 0. The maximum Gasteiger partial charge on any atom is 0.300 e. The molecule has 0 aliphatic heterocycles. The average molecular weight is 255 g/mol. The predicted octanol–water partition coefficient (Wildman–Crippen LogP) is 2.81. The van der Waals surface area contributed by atoms with Crippen molar-refractivity contribution in [2.24, 2.45) is 0 Å². The minimum atomic E-state index is -2.75. The van der Waals surface area contributed by atoms with Crippen LogP contribution in [-0.4, -0.2) is 15.1 Å². The first-order chi connectivity index (χ1) is 8.66. The monoisotopic (exact) mass is 255 g/mol. The van der Waals surface area contributed by atoms with E-state index in [4.69, 9.17) is 4.52 Å². The van der Waals surface area contributed by atoms with E-state index in [-0.39, 0.29) is 17.7 Å². The summed E-state index contributed by atoms with van der Waals surface area (Å²) in [4.78, 5) is 7.27. The van der Waals surface area contributed by atoms with Crippen LogP contribution in [0.25, 0.3) is 0 Å². The normalized spacial score (nSPS) is 22.4. The summed E-state index contributed by atoms with van der Waals surface area (Å²) in [5.41, 5.74) is 0.506. The maximum atomic E-state index is 13.5. The van der Waals surface area contributed by atoms with Crippen LogP contribution in [0.5, 0.6) is 0 Å². The van der Waals surface area contributed by atoms with Crippen LogP contribution >= 0.6 is 0 Å². The Kier molecular flexibility index (Phi) is 2.53. The Morgan fingerprint density at radius 2 is 2.17 bits per heavy atom. The van der Waals surface area contributed by atoms with E-state index in [1.54, 1.807) is 6.07 Å². The maximum absolute atomic E-state index is 13.5. The molecule has 0 aromatic carbocycles. The van der Waals surface area contributed by atoms with Gasteiger partial charge in [-0.2, -0.15) is 4.98 Å².